The topological polar surface area (TPSA) is 72.1 Å². The lowest BCUT2D eigenvalue weighted by atomic mass is 10.1. The highest BCUT2D eigenvalue weighted by Crippen LogP contribution is 2.31. The number of hydrogen-bond donors (Lipinski definition) is 0. The summed E-state index contributed by atoms with van der Waals surface area (Å²) in [7, 11) is 0. The van der Waals surface area contributed by atoms with Gasteiger partial charge in [-0.2, -0.15) is 4.98 Å². The van der Waals surface area contributed by atoms with Crippen LogP contribution in [0.25, 0.3) is 11.5 Å². The number of halogens is 1. The fourth-order valence-electron chi connectivity index (χ4n) is 2.76. The molecule has 1 amide bonds. The van der Waals surface area contributed by atoms with E-state index < -0.39 is 0 Å². The average molecular weight is 341 g/mol. The predicted octanol–water partition coefficient (Wildman–Crippen LogP) is 3.31. The summed E-state index contributed by atoms with van der Waals surface area (Å²) in [5.74, 6) is 0.932. The van der Waals surface area contributed by atoms with Gasteiger partial charge in [0.1, 0.15) is 0 Å². The van der Waals surface area contributed by atoms with E-state index >= 15 is 0 Å². The Hall–Kier alpha value is -2.73. The first kappa shape index (κ1) is 14.8. The van der Waals surface area contributed by atoms with Crippen molar-refractivity contribution < 1.29 is 9.32 Å². The van der Waals surface area contributed by atoms with Crippen molar-refractivity contribution in [2.24, 2.45) is 0 Å². The number of carbonyl (C=O) groups is 1. The Bertz CT molecular complexity index is 864. The van der Waals surface area contributed by atoms with Crippen molar-refractivity contribution in [1.82, 2.24) is 15.1 Å². The van der Waals surface area contributed by atoms with Crippen molar-refractivity contribution in [3.05, 3.63) is 59.6 Å². The molecule has 1 aliphatic heterocycles. The number of benzene rings is 1. The molecular formula is C17H13ClN4O2. The van der Waals surface area contributed by atoms with Crippen molar-refractivity contribution >= 4 is 23.2 Å². The Morgan fingerprint density at radius 2 is 1.88 bits per heavy atom. The predicted molar refractivity (Wildman–Crippen MR) is 88.7 cm³/mol. The number of carbonyl (C=O) groups excluding carboxylic acids is 1. The summed E-state index contributed by atoms with van der Waals surface area (Å²) in [4.78, 5) is 22.4. The molecule has 24 heavy (non-hydrogen) atoms. The highest BCUT2D eigenvalue weighted by atomic mass is 35.5. The van der Waals surface area contributed by atoms with Crippen LogP contribution in [-0.4, -0.2) is 27.6 Å². The zero-order valence-electron chi connectivity index (χ0n) is 12.6. The average Bonchev–Trinajstić information content (AvgIpc) is 3.23. The first-order valence-electron chi connectivity index (χ1n) is 7.50. The van der Waals surface area contributed by atoms with Crippen LogP contribution in [0.3, 0.4) is 0 Å². The molecule has 3 heterocycles. The fourth-order valence-corrected chi connectivity index (χ4v) is 2.89. The first-order chi connectivity index (χ1) is 11.7. The molecule has 1 saturated heterocycles. The Labute approximate surface area is 143 Å². The molecule has 120 valence electrons. The van der Waals surface area contributed by atoms with Crippen molar-refractivity contribution in [3.63, 3.8) is 0 Å². The maximum absolute atomic E-state index is 12.3. The molecule has 3 aromatic rings. The van der Waals surface area contributed by atoms with Crippen LogP contribution in [0.5, 0.6) is 0 Å². The maximum atomic E-state index is 12.3. The highest BCUT2D eigenvalue weighted by molar-refractivity contribution is 6.30. The van der Waals surface area contributed by atoms with Gasteiger partial charge in [0.15, 0.2) is 5.82 Å². The number of rotatable bonds is 3. The van der Waals surface area contributed by atoms with E-state index in [2.05, 4.69) is 15.1 Å². The molecule has 1 aromatic carbocycles. The van der Waals surface area contributed by atoms with Gasteiger partial charge in [-0.25, -0.2) is 0 Å². The zero-order chi connectivity index (χ0) is 16.5. The summed E-state index contributed by atoms with van der Waals surface area (Å²) in [6, 6.07) is 10.8. The quantitative estimate of drug-likeness (QED) is 0.731. The molecule has 6 nitrogen and oxygen atoms in total. The fraction of sp³-hybridized carbons (Fsp3) is 0.176. The van der Waals surface area contributed by atoms with Crippen LogP contribution in [0.4, 0.5) is 5.69 Å². The van der Waals surface area contributed by atoms with E-state index in [1.165, 1.54) is 0 Å². The van der Waals surface area contributed by atoms with Gasteiger partial charge in [0.2, 0.25) is 5.91 Å². The molecule has 1 aliphatic rings. The third-order valence-electron chi connectivity index (χ3n) is 4.00. The molecule has 7 heteroatoms. The molecule has 1 unspecified atom stereocenters. The molecule has 1 atom stereocenters. The van der Waals surface area contributed by atoms with Crippen LogP contribution in [0.1, 0.15) is 18.2 Å². The first-order valence-corrected chi connectivity index (χ1v) is 7.88. The Balaban J connectivity index is 1.55. The van der Waals surface area contributed by atoms with Crippen LogP contribution in [0.15, 0.2) is 53.3 Å². The highest BCUT2D eigenvalue weighted by Gasteiger charge is 2.34. The monoisotopic (exact) mass is 340 g/mol. The number of aromatic nitrogens is 3. The van der Waals surface area contributed by atoms with Crippen LogP contribution >= 0.6 is 11.6 Å². The normalized spacial score (nSPS) is 17.5. The Kier molecular flexibility index (Phi) is 3.74. The van der Waals surface area contributed by atoms with Crippen molar-refractivity contribution in [2.75, 3.05) is 11.4 Å². The van der Waals surface area contributed by atoms with Gasteiger partial charge in [0, 0.05) is 47.6 Å². The van der Waals surface area contributed by atoms with Gasteiger partial charge in [-0.05, 0) is 36.4 Å². The van der Waals surface area contributed by atoms with Gasteiger partial charge in [0.05, 0.1) is 0 Å². The molecular weight excluding hydrogens is 328 g/mol. The lowest BCUT2D eigenvalue weighted by Gasteiger charge is -2.16. The van der Waals surface area contributed by atoms with Crippen molar-refractivity contribution in [2.45, 2.75) is 12.3 Å². The van der Waals surface area contributed by atoms with Crippen LogP contribution in [0.2, 0.25) is 5.02 Å². The van der Waals surface area contributed by atoms with E-state index in [0.29, 0.717) is 29.7 Å². The Morgan fingerprint density at radius 3 is 2.62 bits per heavy atom. The zero-order valence-corrected chi connectivity index (χ0v) is 13.3. The lowest BCUT2D eigenvalue weighted by molar-refractivity contribution is -0.117. The number of amides is 1. The molecule has 1 fully saturated rings. The van der Waals surface area contributed by atoms with Crippen LogP contribution in [0, 0.1) is 0 Å². The van der Waals surface area contributed by atoms with Gasteiger partial charge in [-0.15, -0.1) is 0 Å². The molecule has 0 radical (unpaired) electrons. The maximum Gasteiger partial charge on any atom is 0.258 e. The molecule has 0 N–H and O–H groups in total. The number of anilines is 1. The van der Waals surface area contributed by atoms with Gasteiger partial charge in [0.25, 0.3) is 5.89 Å². The summed E-state index contributed by atoms with van der Waals surface area (Å²) in [6.45, 7) is 0.524. The molecule has 2 aromatic heterocycles. The minimum Gasteiger partial charge on any atom is -0.334 e. The van der Waals surface area contributed by atoms with E-state index in [4.69, 9.17) is 16.1 Å². The van der Waals surface area contributed by atoms with E-state index in [0.717, 1.165) is 11.3 Å². The third-order valence-corrected chi connectivity index (χ3v) is 4.25. The van der Waals surface area contributed by atoms with Crippen LogP contribution in [-0.2, 0) is 4.79 Å². The van der Waals surface area contributed by atoms with Gasteiger partial charge < -0.3 is 9.42 Å². The second-order valence-electron chi connectivity index (χ2n) is 5.58. The Morgan fingerprint density at radius 1 is 1.12 bits per heavy atom. The van der Waals surface area contributed by atoms with E-state index in [-0.39, 0.29) is 11.8 Å². The summed E-state index contributed by atoms with van der Waals surface area (Å²) in [5, 5.41) is 4.69. The number of pyridine rings is 1. The molecule has 4 rings (SSSR count). The summed E-state index contributed by atoms with van der Waals surface area (Å²) in [5.41, 5.74) is 1.63. The summed E-state index contributed by atoms with van der Waals surface area (Å²) >= 11 is 5.90. The summed E-state index contributed by atoms with van der Waals surface area (Å²) < 4.78 is 5.32. The molecule has 0 bridgehead atoms. The second-order valence-corrected chi connectivity index (χ2v) is 6.01. The molecule has 0 spiro atoms. The molecule has 0 aliphatic carbocycles. The smallest absolute Gasteiger partial charge is 0.258 e. The van der Waals surface area contributed by atoms with Gasteiger partial charge >= 0.3 is 0 Å². The number of nitrogens with zero attached hydrogens (tertiary/aromatic N) is 4. The number of hydrogen-bond acceptors (Lipinski definition) is 5. The third kappa shape index (κ3) is 2.76. The minimum absolute atomic E-state index is 0.0394. The SMILES string of the molecule is O=C1CC(c2noc(-c3ccncc3)n2)CN1c1ccc(Cl)cc1. The van der Waals surface area contributed by atoms with E-state index in [1.807, 2.05) is 12.1 Å². The van der Waals surface area contributed by atoms with Crippen LogP contribution < -0.4 is 4.90 Å². The summed E-state index contributed by atoms with van der Waals surface area (Å²) in [6.07, 6.45) is 3.69. The van der Waals surface area contributed by atoms with Crippen molar-refractivity contribution in [1.29, 1.82) is 0 Å². The van der Waals surface area contributed by atoms with Gasteiger partial charge in [-0.3, -0.25) is 9.78 Å². The largest absolute Gasteiger partial charge is 0.334 e. The van der Waals surface area contributed by atoms with E-state index in [9.17, 15) is 4.79 Å². The van der Waals surface area contributed by atoms with Gasteiger partial charge in [-0.1, -0.05) is 16.8 Å². The standard InChI is InChI=1S/C17H13ClN4O2/c18-13-1-3-14(4-2-13)22-10-12(9-15(22)23)16-20-17(24-21-16)11-5-7-19-8-6-11/h1-8,12H,9-10H2. The minimum atomic E-state index is -0.0903. The second kappa shape index (κ2) is 6.05. The lowest BCUT2D eigenvalue weighted by Crippen LogP contribution is -2.24. The van der Waals surface area contributed by atoms with E-state index in [1.54, 1.807) is 41.6 Å². The molecule has 0 saturated carbocycles. The van der Waals surface area contributed by atoms with Crippen molar-refractivity contribution in [3.8, 4) is 11.5 Å².